The fourth-order valence-electron chi connectivity index (χ4n) is 2.44. The van der Waals surface area contributed by atoms with Crippen LogP contribution in [0.3, 0.4) is 0 Å². The molecule has 0 fully saturated rings. The van der Waals surface area contributed by atoms with Gasteiger partial charge in [-0.15, -0.1) is 10.2 Å². The van der Waals surface area contributed by atoms with E-state index >= 15 is 0 Å². The fraction of sp³-hybridized carbons (Fsp3) is 0. The van der Waals surface area contributed by atoms with E-state index in [-0.39, 0.29) is 0 Å². The van der Waals surface area contributed by atoms with Gasteiger partial charge in [0.2, 0.25) is 0 Å². The Hall–Kier alpha value is -2.98. The molecule has 1 N–H and O–H groups in total. The number of hydrogen-bond donors (Lipinski definition) is 1. The molecule has 0 spiro atoms. The summed E-state index contributed by atoms with van der Waals surface area (Å²) in [6.45, 7) is 0. The summed E-state index contributed by atoms with van der Waals surface area (Å²) in [5.74, 6) is 0.609. The highest BCUT2D eigenvalue weighted by Crippen LogP contribution is 2.26. The van der Waals surface area contributed by atoms with Crippen LogP contribution in [0.4, 0.5) is 11.4 Å². The number of anilines is 2. The lowest BCUT2D eigenvalue weighted by Gasteiger charge is -2.09. The van der Waals surface area contributed by atoms with E-state index in [1.165, 1.54) is 0 Å². The van der Waals surface area contributed by atoms with E-state index in [2.05, 4.69) is 20.5 Å². The van der Waals surface area contributed by atoms with Crippen LogP contribution in [0.15, 0.2) is 72.8 Å². The highest BCUT2D eigenvalue weighted by molar-refractivity contribution is 6.33. The number of hydrogen-bond acceptors (Lipinski definition) is 4. The van der Waals surface area contributed by atoms with Crippen molar-refractivity contribution in [2.45, 2.75) is 0 Å². The van der Waals surface area contributed by atoms with E-state index in [0.717, 1.165) is 28.0 Å². The molecule has 4 aromatic rings. The molecule has 4 rings (SSSR count). The minimum Gasteiger partial charge on any atom is -0.354 e. The molecule has 1 aromatic heterocycles. The van der Waals surface area contributed by atoms with Crippen LogP contribution in [-0.2, 0) is 0 Å². The maximum atomic E-state index is 6.20. The molecule has 0 amide bonds. The fourth-order valence-corrected chi connectivity index (χ4v) is 2.62. The van der Waals surface area contributed by atoms with Gasteiger partial charge in [-0.25, -0.2) is 4.98 Å². The second-order valence-corrected chi connectivity index (χ2v) is 5.72. The third-order valence-corrected chi connectivity index (χ3v) is 3.97. The van der Waals surface area contributed by atoms with E-state index in [4.69, 9.17) is 11.6 Å². The monoisotopic (exact) mass is 332 g/mol. The smallest absolute Gasteiger partial charge is 0.182 e. The zero-order chi connectivity index (χ0) is 16.4. The van der Waals surface area contributed by atoms with E-state index in [9.17, 15) is 0 Å². The number of fused-ring (bicyclic) bond motifs is 1. The Morgan fingerprint density at radius 3 is 2.38 bits per heavy atom. The van der Waals surface area contributed by atoms with Gasteiger partial charge in [-0.3, -0.25) is 0 Å². The predicted octanol–water partition coefficient (Wildman–Crippen LogP) is 5.09. The van der Waals surface area contributed by atoms with Crippen LogP contribution in [0.2, 0.25) is 5.02 Å². The molecule has 0 aliphatic heterocycles. The average molecular weight is 333 g/mol. The number of aromatic nitrogens is 3. The molecular weight excluding hydrogens is 320 g/mol. The third-order valence-electron chi connectivity index (χ3n) is 3.64. The van der Waals surface area contributed by atoms with Gasteiger partial charge in [0.15, 0.2) is 5.82 Å². The summed E-state index contributed by atoms with van der Waals surface area (Å²) in [6, 6.07) is 23.2. The maximum absolute atomic E-state index is 6.20. The topological polar surface area (TPSA) is 50.7 Å². The summed E-state index contributed by atoms with van der Waals surface area (Å²) in [6.07, 6.45) is 0. The highest BCUT2D eigenvalue weighted by Gasteiger charge is 2.06. The lowest BCUT2D eigenvalue weighted by Crippen LogP contribution is -1.96. The Bertz CT molecular complexity index is 1000. The summed E-state index contributed by atoms with van der Waals surface area (Å²) in [7, 11) is 0. The van der Waals surface area contributed by atoms with Crippen LogP contribution >= 0.6 is 11.6 Å². The SMILES string of the molecule is Clc1ccccc1Nc1ccc2nnc(-c3ccccc3)nc2c1. The van der Waals surface area contributed by atoms with Crippen molar-refractivity contribution in [3.05, 3.63) is 77.8 Å². The van der Waals surface area contributed by atoms with Gasteiger partial charge in [0.05, 0.1) is 16.2 Å². The zero-order valence-corrected chi connectivity index (χ0v) is 13.4. The molecule has 0 unspecified atom stereocenters. The van der Waals surface area contributed by atoms with Crippen molar-refractivity contribution in [3.63, 3.8) is 0 Å². The molecule has 0 saturated heterocycles. The van der Waals surface area contributed by atoms with Crippen molar-refractivity contribution in [1.82, 2.24) is 15.2 Å². The number of para-hydroxylation sites is 1. The van der Waals surface area contributed by atoms with E-state index < -0.39 is 0 Å². The van der Waals surface area contributed by atoms with Gasteiger partial charge in [0, 0.05) is 11.3 Å². The third kappa shape index (κ3) is 2.92. The van der Waals surface area contributed by atoms with Gasteiger partial charge in [0.25, 0.3) is 0 Å². The molecule has 0 radical (unpaired) electrons. The highest BCUT2D eigenvalue weighted by atomic mass is 35.5. The van der Waals surface area contributed by atoms with Gasteiger partial charge >= 0.3 is 0 Å². The van der Waals surface area contributed by atoms with Crippen molar-refractivity contribution in [1.29, 1.82) is 0 Å². The molecule has 24 heavy (non-hydrogen) atoms. The van der Waals surface area contributed by atoms with E-state index in [1.54, 1.807) is 0 Å². The van der Waals surface area contributed by atoms with Crippen LogP contribution in [0, 0.1) is 0 Å². The van der Waals surface area contributed by atoms with Crippen LogP contribution in [-0.4, -0.2) is 15.2 Å². The standard InChI is InChI=1S/C19H13ClN4/c20-15-8-4-5-9-16(15)21-14-10-11-17-18(12-14)22-19(24-23-17)13-6-2-1-3-7-13/h1-12,21H. The summed E-state index contributed by atoms with van der Waals surface area (Å²) < 4.78 is 0. The largest absolute Gasteiger partial charge is 0.354 e. The molecule has 4 nitrogen and oxygen atoms in total. The van der Waals surface area contributed by atoms with Crippen LogP contribution in [0.5, 0.6) is 0 Å². The Kier molecular flexibility index (Phi) is 3.81. The molecule has 1 heterocycles. The predicted molar refractivity (Wildman–Crippen MR) is 97.5 cm³/mol. The normalized spacial score (nSPS) is 10.7. The Labute approximate surface area is 144 Å². The number of nitrogens with zero attached hydrogens (tertiary/aromatic N) is 3. The number of benzene rings is 3. The van der Waals surface area contributed by atoms with Gasteiger partial charge in [0.1, 0.15) is 5.52 Å². The van der Waals surface area contributed by atoms with E-state index in [1.807, 2.05) is 72.8 Å². The lowest BCUT2D eigenvalue weighted by molar-refractivity contribution is 1.03. The Balaban J connectivity index is 1.73. The van der Waals surface area contributed by atoms with Crippen molar-refractivity contribution in [3.8, 4) is 11.4 Å². The molecule has 3 aromatic carbocycles. The van der Waals surface area contributed by atoms with Crippen molar-refractivity contribution >= 4 is 34.0 Å². The molecule has 0 bridgehead atoms. The minimum absolute atomic E-state index is 0.609. The molecule has 5 heteroatoms. The molecule has 116 valence electrons. The lowest BCUT2D eigenvalue weighted by atomic mass is 10.2. The minimum atomic E-state index is 0.609. The Morgan fingerprint density at radius 1 is 0.750 bits per heavy atom. The van der Waals surface area contributed by atoms with Gasteiger partial charge < -0.3 is 5.32 Å². The first-order valence-corrected chi connectivity index (χ1v) is 7.89. The van der Waals surface area contributed by atoms with Gasteiger partial charge in [-0.05, 0) is 30.3 Å². The first-order chi connectivity index (χ1) is 11.8. The van der Waals surface area contributed by atoms with Crippen LogP contribution in [0.25, 0.3) is 22.4 Å². The van der Waals surface area contributed by atoms with Crippen molar-refractivity contribution < 1.29 is 0 Å². The summed E-state index contributed by atoms with van der Waals surface area (Å²) in [5, 5.41) is 12.4. The van der Waals surface area contributed by atoms with Crippen LogP contribution < -0.4 is 5.32 Å². The average Bonchev–Trinajstić information content (AvgIpc) is 2.64. The molecular formula is C19H13ClN4. The van der Waals surface area contributed by atoms with Gasteiger partial charge in [-0.1, -0.05) is 54.1 Å². The molecule has 0 saturated carbocycles. The number of halogens is 1. The second-order valence-electron chi connectivity index (χ2n) is 5.31. The van der Waals surface area contributed by atoms with Crippen molar-refractivity contribution in [2.24, 2.45) is 0 Å². The summed E-state index contributed by atoms with van der Waals surface area (Å²) >= 11 is 6.20. The molecule has 0 aliphatic rings. The summed E-state index contributed by atoms with van der Waals surface area (Å²) in [4.78, 5) is 4.62. The Morgan fingerprint density at radius 2 is 1.54 bits per heavy atom. The summed E-state index contributed by atoms with van der Waals surface area (Å²) in [5.41, 5.74) is 4.22. The zero-order valence-electron chi connectivity index (χ0n) is 12.6. The number of rotatable bonds is 3. The quantitative estimate of drug-likeness (QED) is 0.567. The first kappa shape index (κ1) is 14.6. The van der Waals surface area contributed by atoms with Crippen molar-refractivity contribution in [2.75, 3.05) is 5.32 Å². The molecule has 0 aliphatic carbocycles. The van der Waals surface area contributed by atoms with Gasteiger partial charge in [-0.2, -0.15) is 0 Å². The second kappa shape index (κ2) is 6.26. The van der Waals surface area contributed by atoms with E-state index in [0.29, 0.717) is 10.8 Å². The number of nitrogens with one attached hydrogen (secondary N) is 1. The maximum Gasteiger partial charge on any atom is 0.182 e. The molecule has 0 atom stereocenters. The first-order valence-electron chi connectivity index (χ1n) is 7.51. The van der Waals surface area contributed by atoms with Crippen LogP contribution in [0.1, 0.15) is 0 Å².